The number of hydrogen-bond acceptors (Lipinski definition) is 3. The molecule has 3 N–H and O–H groups in total. The van der Waals surface area contributed by atoms with Crippen molar-refractivity contribution in [3.05, 3.63) is 33.8 Å². The number of amides is 1. The van der Waals surface area contributed by atoms with E-state index in [1.165, 1.54) is 0 Å². The Morgan fingerprint density at radius 2 is 2.10 bits per heavy atom. The molecule has 5 heteroatoms. The molecule has 0 radical (unpaired) electrons. The summed E-state index contributed by atoms with van der Waals surface area (Å²) in [4.78, 5) is 12.1. The van der Waals surface area contributed by atoms with Crippen LogP contribution in [0.2, 0.25) is 0 Å². The number of benzene rings is 1. The number of nitrogens with one attached hydrogen (secondary N) is 1. The number of carbonyl (C=O) groups is 1. The minimum absolute atomic E-state index is 0.0527. The fourth-order valence-electron chi connectivity index (χ4n) is 2.58. The summed E-state index contributed by atoms with van der Waals surface area (Å²) < 4.78 is 6.70. The average molecular weight is 355 g/mol. The van der Waals surface area contributed by atoms with Crippen LogP contribution in [0.5, 0.6) is 0 Å². The van der Waals surface area contributed by atoms with Crippen LogP contribution in [0.4, 0.5) is 0 Å². The largest absolute Gasteiger partial charge is 0.376 e. The Hall–Kier alpha value is -0.910. The monoisotopic (exact) mass is 354 g/mol. The minimum atomic E-state index is -0.0527. The van der Waals surface area contributed by atoms with Crippen molar-refractivity contribution in [2.24, 2.45) is 5.73 Å². The Bertz CT molecular complexity index is 485. The smallest absolute Gasteiger partial charge is 0.251 e. The Morgan fingerprint density at radius 3 is 2.81 bits per heavy atom. The number of rotatable bonds is 5. The molecule has 1 amide bonds. The third-order valence-corrected chi connectivity index (χ3v) is 4.40. The normalized spacial score (nSPS) is 22.0. The summed E-state index contributed by atoms with van der Waals surface area (Å²) in [6, 6.07) is 6.04. The van der Waals surface area contributed by atoms with E-state index in [1.54, 1.807) is 0 Å². The molecule has 1 aliphatic carbocycles. The van der Waals surface area contributed by atoms with Crippen LogP contribution < -0.4 is 11.1 Å². The Kier molecular flexibility index (Phi) is 6.21. The second-order valence-electron chi connectivity index (χ2n) is 5.62. The molecule has 0 heterocycles. The molecule has 4 nitrogen and oxygen atoms in total. The summed E-state index contributed by atoms with van der Waals surface area (Å²) >= 11 is 3.39. The van der Waals surface area contributed by atoms with Crippen LogP contribution in [-0.4, -0.2) is 31.2 Å². The van der Waals surface area contributed by atoms with Crippen LogP contribution >= 0.6 is 15.9 Å². The molecule has 0 aromatic heterocycles. The number of nitrogens with two attached hydrogens (primary N) is 1. The maximum atomic E-state index is 12.1. The maximum absolute atomic E-state index is 12.1. The van der Waals surface area contributed by atoms with Gasteiger partial charge in [-0.25, -0.2) is 0 Å². The first-order chi connectivity index (χ1) is 10.1. The van der Waals surface area contributed by atoms with Gasteiger partial charge in [0.15, 0.2) is 0 Å². The molecule has 0 saturated heterocycles. The van der Waals surface area contributed by atoms with Gasteiger partial charge in [-0.1, -0.05) is 22.0 Å². The molecule has 21 heavy (non-hydrogen) atoms. The molecule has 0 aliphatic heterocycles. The second-order valence-corrected chi connectivity index (χ2v) is 6.54. The van der Waals surface area contributed by atoms with Crippen molar-refractivity contribution < 1.29 is 9.53 Å². The third kappa shape index (κ3) is 5.09. The van der Waals surface area contributed by atoms with Gasteiger partial charge in [0.2, 0.25) is 0 Å². The molecule has 1 aromatic carbocycles. The predicted molar refractivity (Wildman–Crippen MR) is 87.4 cm³/mol. The molecule has 1 saturated carbocycles. The Morgan fingerprint density at radius 1 is 1.38 bits per heavy atom. The van der Waals surface area contributed by atoms with E-state index >= 15 is 0 Å². The highest BCUT2D eigenvalue weighted by Gasteiger charge is 2.18. The van der Waals surface area contributed by atoms with Crippen LogP contribution in [-0.2, 0) is 4.74 Å². The zero-order chi connectivity index (χ0) is 15.2. The number of ether oxygens (including phenoxy) is 1. The number of aryl methyl sites for hydroxylation is 1. The summed E-state index contributed by atoms with van der Waals surface area (Å²) in [5.41, 5.74) is 7.54. The lowest BCUT2D eigenvalue weighted by Gasteiger charge is -2.26. The molecule has 0 spiro atoms. The van der Waals surface area contributed by atoms with Gasteiger partial charge >= 0.3 is 0 Å². The van der Waals surface area contributed by atoms with Crippen LogP contribution in [0, 0.1) is 6.92 Å². The van der Waals surface area contributed by atoms with Crippen molar-refractivity contribution in [1.82, 2.24) is 5.32 Å². The van der Waals surface area contributed by atoms with Gasteiger partial charge in [-0.15, -0.1) is 0 Å². The van der Waals surface area contributed by atoms with Crippen LogP contribution in [0.1, 0.15) is 41.6 Å². The van der Waals surface area contributed by atoms with Crippen molar-refractivity contribution in [3.63, 3.8) is 0 Å². The highest BCUT2D eigenvalue weighted by atomic mass is 79.9. The van der Waals surface area contributed by atoms with Crippen LogP contribution in [0.25, 0.3) is 0 Å². The van der Waals surface area contributed by atoms with Crippen molar-refractivity contribution in [1.29, 1.82) is 0 Å². The number of hydrogen-bond donors (Lipinski definition) is 2. The lowest BCUT2D eigenvalue weighted by Crippen LogP contribution is -2.33. The number of carbonyl (C=O) groups excluding carboxylic acids is 1. The number of halogens is 1. The first kappa shape index (κ1) is 16.5. The van der Waals surface area contributed by atoms with E-state index in [2.05, 4.69) is 21.2 Å². The first-order valence-electron chi connectivity index (χ1n) is 7.48. The van der Waals surface area contributed by atoms with E-state index in [0.717, 1.165) is 35.7 Å². The molecule has 0 bridgehead atoms. The van der Waals surface area contributed by atoms with Gasteiger partial charge < -0.3 is 15.8 Å². The maximum Gasteiger partial charge on any atom is 0.251 e. The van der Waals surface area contributed by atoms with Crippen LogP contribution in [0.3, 0.4) is 0 Å². The summed E-state index contributed by atoms with van der Waals surface area (Å²) in [5.74, 6) is -0.0527. The Labute approximate surface area is 134 Å². The van der Waals surface area contributed by atoms with E-state index < -0.39 is 0 Å². The third-order valence-electron chi connectivity index (χ3n) is 3.90. The highest BCUT2D eigenvalue weighted by molar-refractivity contribution is 9.10. The molecule has 0 atom stereocenters. The van der Waals surface area contributed by atoms with E-state index in [1.807, 2.05) is 25.1 Å². The summed E-state index contributed by atoms with van der Waals surface area (Å²) in [6.07, 6.45) is 4.43. The fourth-order valence-corrected chi connectivity index (χ4v) is 2.94. The SMILES string of the molecule is Cc1ccc(Br)cc1C(=O)NCCOC1CCC(N)CC1. The standard InChI is InChI=1S/C16H23BrN2O2/c1-11-2-3-12(17)10-15(11)16(20)19-8-9-21-14-6-4-13(18)5-7-14/h2-3,10,13-14H,4-9,18H2,1H3,(H,19,20). The van der Waals surface area contributed by atoms with Gasteiger partial charge in [-0.2, -0.15) is 0 Å². The predicted octanol–water partition coefficient (Wildman–Crippen LogP) is 2.77. The van der Waals surface area contributed by atoms with E-state index in [0.29, 0.717) is 30.9 Å². The zero-order valence-corrected chi connectivity index (χ0v) is 14.0. The Balaban J connectivity index is 1.71. The second kappa shape index (κ2) is 7.92. The topological polar surface area (TPSA) is 64.3 Å². The lowest BCUT2D eigenvalue weighted by molar-refractivity contribution is 0.0267. The van der Waals surface area contributed by atoms with Gasteiger partial charge in [0, 0.05) is 22.6 Å². The summed E-state index contributed by atoms with van der Waals surface area (Å²) in [7, 11) is 0. The lowest BCUT2D eigenvalue weighted by atomic mass is 9.94. The molecule has 1 aromatic rings. The van der Waals surface area contributed by atoms with Crippen molar-refractivity contribution in [2.75, 3.05) is 13.2 Å². The van der Waals surface area contributed by atoms with Gasteiger partial charge in [0.05, 0.1) is 12.7 Å². The van der Waals surface area contributed by atoms with Gasteiger partial charge in [0.1, 0.15) is 0 Å². The van der Waals surface area contributed by atoms with E-state index in [-0.39, 0.29) is 5.91 Å². The van der Waals surface area contributed by atoms with Gasteiger partial charge in [0.25, 0.3) is 5.91 Å². The van der Waals surface area contributed by atoms with Crippen molar-refractivity contribution in [2.45, 2.75) is 44.8 Å². The first-order valence-corrected chi connectivity index (χ1v) is 8.27. The molecule has 0 unspecified atom stereocenters. The fraction of sp³-hybridized carbons (Fsp3) is 0.562. The average Bonchev–Trinajstić information content (AvgIpc) is 2.47. The van der Waals surface area contributed by atoms with Gasteiger partial charge in [-0.3, -0.25) is 4.79 Å². The molecule has 116 valence electrons. The minimum Gasteiger partial charge on any atom is -0.376 e. The van der Waals surface area contributed by atoms with Crippen molar-refractivity contribution >= 4 is 21.8 Å². The zero-order valence-electron chi connectivity index (χ0n) is 12.4. The molecule has 2 rings (SSSR count). The highest BCUT2D eigenvalue weighted by Crippen LogP contribution is 2.19. The molecule has 1 fully saturated rings. The molecule has 1 aliphatic rings. The van der Waals surface area contributed by atoms with Crippen LogP contribution in [0.15, 0.2) is 22.7 Å². The molecular formula is C16H23BrN2O2. The summed E-state index contributed by atoms with van der Waals surface area (Å²) in [6.45, 7) is 3.02. The quantitative estimate of drug-likeness (QED) is 0.799. The van der Waals surface area contributed by atoms with E-state index in [4.69, 9.17) is 10.5 Å². The van der Waals surface area contributed by atoms with Crippen molar-refractivity contribution in [3.8, 4) is 0 Å². The van der Waals surface area contributed by atoms with Gasteiger partial charge in [-0.05, 0) is 50.3 Å². The molecular weight excluding hydrogens is 332 g/mol. The summed E-state index contributed by atoms with van der Waals surface area (Å²) in [5, 5.41) is 2.91. The van der Waals surface area contributed by atoms with E-state index in [9.17, 15) is 4.79 Å².